The van der Waals surface area contributed by atoms with Gasteiger partial charge in [0.15, 0.2) is 0 Å². The number of anilines is 3. The lowest BCUT2D eigenvalue weighted by Crippen LogP contribution is -2.10. The van der Waals surface area contributed by atoms with Gasteiger partial charge >= 0.3 is 0 Å². The van der Waals surface area contributed by atoms with Gasteiger partial charge in [-0.1, -0.05) is 133 Å². The highest BCUT2D eigenvalue weighted by atomic mass is 16.3. The van der Waals surface area contributed by atoms with Crippen LogP contribution in [0.4, 0.5) is 17.1 Å². The number of furan rings is 1. The topological polar surface area (TPSA) is 26.2 Å². The van der Waals surface area contributed by atoms with Crippen LogP contribution in [-0.4, -0.2) is 9.13 Å². The van der Waals surface area contributed by atoms with E-state index in [0.717, 1.165) is 61.4 Å². The molecule has 4 nitrogen and oxygen atoms in total. The Morgan fingerprint density at radius 2 is 0.766 bits per heavy atom. The third kappa shape index (κ3) is 4.99. The van der Waals surface area contributed by atoms with Crippen molar-refractivity contribution in [2.75, 3.05) is 4.90 Å². The lowest BCUT2D eigenvalue weighted by molar-refractivity contribution is 0.669. The molecule has 0 saturated carbocycles. The summed E-state index contributed by atoms with van der Waals surface area (Å²) < 4.78 is 11.4. The summed E-state index contributed by atoms with van der Waals surface area (Å²) in [6.45, 7) is 0. The van der Waals surface area contributed by atoms with Crippen LogP contribution < -0.4 is 4.90 Å². The number of hydrogen-bond acceptors (Lipinski definition) is 2. The van der Waals surface area contributed by atoms with Crippen molar-refractivity contribution in [3.05, 3.63) is 224 Å². The van der Waals surface area contributed by atoms with Gasteiger partial charge in [0.25, 0.3) is 0 Å². The summed E-state index contributed by atoms with van der Waals surface area (Å²) in [4.78, 5) is 2.40. The summed E-state index contributed by atoms with van der Waals surface area (Å²) in [6.07, 6.45) is 0. The Hall–Kier alpha value is -8.60. The first kappa shape index (κ1) is 35.0. The average Bonchev–Trinajstić information content (AvgIpc) is 4.02. The van der Waals surface area contributed by atoms with Crippen molar-refractivity contribution in [2.24, 2.45) is 0 Å². The van der Waals surface area contributed by atoms with Crippen LogP contribution in [0.5, 0.6) is 0 Å². The van der Waals surface area contributed by atoms with E-state index in [4.69, 9.17) is 4.42 Å². The summed E-state index contributed by atoms with van der Waals surface area (Å²) in [5, 5.41) is 14.6. The molecule has 0 amide bonds. The normalized spacial score (nSPS) is 12.1. The van der Waals surface area contributed by atoms with Crippen LogP contribution in [0.1, 0.15) is 0 Å². The van der Waals surface area contributed by atoms with Crippen LogP contribution in [-0.2, 0) is 0 Å². The number of hydrogen-bond donors (Lipinski definition) is 0. The summed E-state index contributed by atoms with van der Waals surface area (Å²) in [5.74, 6) is 0. The monoisotopic (exact) mass is 815 g/mol. The predicted octanol–water partition coefficient (Wildman–Crippen LogP) is 16.7. The quantitative estimate of drug-likeness (QED) is 0.162. The van der Waals surface area contributed by atoms with Gasteiger partial charge in [-0.3, -0.25) is 0 Å². The van der Waals surface area contributed by atoms with Crippen LogP contribution in [0, 0.1) is 0 Å². The first-order chi connectivity index (χ1) is 31.8. The van der Waals surface area contributed by atoms with E-state index in [1.54, 1.807) is 0 Å². The Morgan fingerprint density at radius 3 is 1.50 bits per heavy atom. The van der Waals surface area contributed by atoms with Crippen molar-refractivity contribution in [3.8, 4) is 11.4 Å². The molecule has 0 aliphatic carbocycles. The van der Waals surface area contributed by atoms with E-state index in [9.17, 15) is 0 Å². The standard InChI is InChI=1S/C60H37N3O/c1-2-15-38(16-3-1)62-54-25-12-9-23-50(54)60-56(62)26-14-27-57(60)63-53-24-11-8-21-47(53)52-36-40(31-34-55(52)63)61(41-30-33-49-48-22-10-13-28-58(48)64-59(49)37-41)39-29-32-46-44-19-5-4-17-42(44)43-18-6-7-20-45(43)51(46)35-39/h1-37H. The van der Waals surface area contributed by atoms with Crippen LogP contribution in [0.3, 0.4) is 0 Å². The number of fused-ring (bicyclic) bond motifs is 15. The Balaban J connectivity index is 1.03. The van der Waals surface area contributed by atoms with E-state index in [2.05, 4.69) is 232 Å². The molecule has 0 aliphatic heterocycles. The van der Waals surface area contributed by atoms with Gasteiger partial charge < -0.3 is 18.5 Å². The lowest BCUT2D eigenvalue weighted by atomic mass is 9.94. The fraction of sp³-hybridized carbons (Fsp3) is 0. The Morgan fingerprint density at radius 1 is 0.281 bits per heavy atom. The second-order valence-corrected chi connectivity index (χ2v) is 16.8. The molecule has 14 aromatic rings. The van der Waals surface area contributed by atoms with Crippen molar-refractivity contribution < 1.29 is 4.42 Å². The minimum Gasteiger partial charge on any atom is -0.456 e. The first-order valence-corrected chi connectivity index (χ1v) is 21.9. The molecule has 298 valence electrons. The molecule has 0 aliphatic rings. The summed E-state index contributed by atoms with van der Waals surface area (Å²) in [7, 11) is 0. The van der Waals surface area contributed by atoms with Crippen molar-refractivity contribution in [1.82, 2.24) is 9.13 Å². The van der Waals surface area contributed by atoms with Gasteiger partial charge in [0.05, 0.1) is 27.8 Å². The van der Waals surface area contributed by atoms with Crippen LogP contribution >= 0.6 is 0 Å². The first-order valence-electron chi connectivity index (χ1n) is 21.9. The Kier molecular flexibility index (Phi) is 7.36. The van der Waals surface area contributed by atoms with Crippen LogP contribution in [0.25, 0.3) is 109 Å². The number of benzene rings is 11. The second kappa shape index (κ2) is 13.4. The van der Waals surface area contributed by atoms with Crippen molar-refractivity contribution >= 4 is 115 Å². The summed E-state index contributed by atoms with van der Waals surface area (Å²) in [5.41, 5.74) is 11.9. The largest absolute Gasteiger partial charge is 0.456 e. The molecule has 14 rings (SSSR count). The molecule has 64 heavy (non-hydrogen) atoms. The lowest BCUT2D eigenvalue weighted by Gasteiger charge is -2.26. The highest BCUT2D eigenvalue weighted by molar-refractivity contribution is 6.26. The molecular formula is C60H37N3O. The van der Waals surface area contributed by atoms with Crippen molar-refractivity contribution in [2.45, 2.75) is 0 Å². The van der Waals surface area contributed by atoms with Crippen molar-refractivity contribution in [1.29, 1.82) is 0 Å². The van der Waals surface area contributed by atoms with E-state index < -0.39 is 0 Å². The van der Waals surface area contributed by atoms with Crippen LogP contribution in [0.2, 0.25) is 0 Å². The number of aromatic nitrogens is 2. The highest BCUT2D eigenvalue weighted by Crippen LogP contribution is 2.45. The maximum absolute atomic E-state index is 6.54. The van der Waals surface area contributed by atoms with E-state index in [-0.39, 0.29) is 0 Å². The Labute approximate surface area is 367 Å². The zero-order chi connectivity index (χ0) is 41.9. The molecular weight excluding hydrogens is 779 g/mol. The van der Waals surface area contributed by atoms with Gasteiger partial charge in [0.2, 0.25) is 0 Å². The third-order valence-corrected chi connectivity index (χ3v) is 13.5. The predicted molar refractivity (Wildman–Crippen MR) is 270 cm³/mol. The fourth-order valence-electron chi connectivity index (χ4n) is 10.7. The summed E-state index contributed by atoms with van der Waals surface area (Å²) in [6, 6.07) is 81.6. The van der Waals surface area contributed by atoms with E-state index >= 15 is 0 Å². The molecule has 3 heterocycles. The minimum atomic E-state index is 0.862. The zero-order valence-corrected chi connectivity index (χ0v) is 34.6. The van der Waals surface area contributed by atoms with E-state index in [0.29, 0.717) is 0 Å². The van der Waals surface area contributed by atoms with Gasteiger partial charge in [-0.2, -0.15) is 0 Å². The fourth-order valence-corrected chi connectivity index (χ4v) is 10.7. The minimum absolute atomic E-state index is 0.862. The molecule has 4 heteroatoms. The molecule has 11 aromatic carbocycles. The van der Waals surface area contributed by atoms with E-state index in [1.807, 2.05) is 6.07 Å². The average molecular weight is 816 g/mol. The molecule has 0 bridgehead atoms. The van der Waals surface area contributed by atoms with Crippen molar-refractivity contribution in [3.63, 3.8) is 0 Å². The van der Waals surface area contributed by atoms with Gasteiger partial charge in [-0.25, -0.2) is 0 Å². The SMILES string of the molecule is c1ccc(-n2c3ccccc3c3c(-n4c5ccccc5c5cc(N(c6ccc7c(c6)oc6ccccc67)c6ccc7c8ccccc8c8ccccc8c7c6)ccc54)cccc32)cc1. The van der Waals surface area contributed by atoms with Gasteiger partial charge in [-0.05, 0) is 117 Å². The molecule has 0 radical (unpaired) electrons. The van der Waals surface area contributed by atoms with Gasteiger partial charge in [0.1, 0.15) is 11.2 Å². The maximum Gasteiger partial charge on any atom is 0.137 e. The third-order valence-electron chi connectivity index (χ3n) is 13.5. The van der Waals surface area contributed by atoms with Gasteiger partial charge in [0, 0.05) is 61.1 Å². The molecule has 0 spiro atoms. The molecule has 0 atom stereocenters. The molecule has 3 aromatic heterocycles. The zero-order valence-electron chi connectivity index (χ0n) is 34.6. The molecule has 0 saturated heterocycles. The maximum atomic E-state index is 6.54. The molecule has 0 N–H and O–H groups in total. The number of rotatable bonds is 5. The highest BCUT2D eigenvalue weighted by Gasteiger charge is 2.22. The van der Waals surface area contributed by atoms with Crippen LogP contribution in [0.15, 0.2) is 229 Å². The summed E-state index contributed by atoms with van der Waals surface area (Å²) >= 11 is 0. The number of para-hydroxylation sites is 4. The smallest absolute Gasteiger partial charge is 0.137 e. The van der Waals surface area contributed by atoms with Gasteiger partial charge in [-0.15, -0.1) is 0 Å². The van der Waals surface area contributed by atoms with E-state index in [1.165, 1.54) is 64.9 Å². The Bertz CT molecular complexity index is 4170. The number of nitrogens with zero attached hydrogens (tertiary/aromatic N) is 3. The molecule has 0 fully saturated rings. The second-order valence-electron chi connectivity index (χ2n) is 16.8. The molecule has 0 unspecified atom stereocenters.